The van der Waals surface area contributed by atoms with Gasteiger partial charge in [-0.1, -0.05) is 29.1 Å². The van der Waals surface area contributed by atoms with Gasteiger partial charge in [0.25, 0.3) is 0 Å². The van der Waals surface area contributed by atoms with Gasteiger partial charge in [0.2, 0.25) is 11.7 Å². The first kappa shape index (κ1) is 19.4. The molecule has 0 fully saturated rings. The fourth-order valence-electron chi connectivity index (χ4n) is 2.86. The first-order valence-corrected chi connectivity index (χ1v) is 10.3. The van der Waals surface area contributed by atoms with Crippen LogP contribution in [0.15, 0.2) is 50.7 Å². The number of furan rings is 1. The molecule has 0 radical (unpaired) electrons. The average molecular weight is 413 g/mol. The van der Waals surface area contributed by atoms with Crippen molar-refractivity contribution in [2.45, 2.75) is 38.4 Å². The fourth-order valence-corrected chi connectivity index (χ4v) is 3.80. The Morgan fingerprint density at radius 1 is 1.21 bits per heavy atom. The molecule has 0 aliphatic rings. The average Bonchev–Trinajstić information content (AvgIpc) is 3.47. The molecule has 1 aromatic carbocycles. The lowest BCUT2D eigenvalue weighted by Gasteiger charge is -2.05. The Morgan fingerprint density at radius 3 is 2.86 bits per heavy atom. The van der Waals surface area contributed by atoms with Crippen molar-refractivity contribution >= 4 is 11.8 Å². The number of halogens is 1. The molecule has 4 aromatic rings. The summed E-state index contributed by atoms with van der Waals surface area (Å²) in [4.78, 5) is 4.37. The molecule has 29 heavy (non-hydrogen) atoms. The van der Waals surface area contributed by atoms with Gasteiger partial charge in [-0.25, -0.2) is 4.39 Å². The van der Waals surface area contributed by atoms with Crippen LogP contribution in [0.1, 0.15) is 24.8 Å². The predicted octanol–water partition coefficient (Wildman–Crippen LogP) is 4.78. The third kappa shape index (κ3) is 4.24. The van der Waals surface area contributed by atoms with Gasteiger partial charge in [0.05, 0.1) is 6.26 Å². The monoisotopic (exact) mass is 413 g/mol. The van der Waals surface area contributed by atoms with E-state index in [9.17, 15) is 4.39 Å². The number of hydrogen-bond acceptors (Lipinski definition) is 7. The van der Waals surface area contributed by atoms with Crippen LogP contribution >= 0.6 is 11.8 Å². The minimum absolute atomic E-state index is 0.279. The second-order valence-corrected chi connectivity index (χ2v) is 7.52. The summed E-state index contributed by atoms with van der Waals surface area (Å²) < 4.78 is 26.5. The Labute approximate surface area is 171 Å². The summed E-state index contributed by atoms with van der Waals surface area (Å²) in [5, 5.41) is 13.3. The van der Waals surface area contributed by atoms with E-state index in [1.165, 1.54) is 6.07 Å². The number of benzene rings is 1. The standard InChI is InChI=1S/C20H20FN5O2S/c1-3-26-19(16-6-4-10-27-16)23-24-20(26)29-11-5-7-17-22-18(25-28-17)14-9-8-13(2)15(21)12-14/h4,6,8-10,12H,3,5,7,11H2,1-2H3. The van der Waals surface area contributed by atoms with E-state index in [0.29, 0.717) is 35.0 Å². The molecule has 3 aromatic heterocycles. The molecule has 4 rings (SSSR count). The summed E-state index contributed by atoms with van der Waals surface area (Å²) in [5.41, 5.74) is 1.20. The molecule has 0 amide bonds. The van der Waals surface area contributed by atoms with E-state index in [4.69, 9.17) is 8.94 Å². The summed E-state index contributed by atoms with van der Waals surface area (Å²) >= 11 is 1.62. The van der Waals surface area contributed by atoms with Gasteiger partial charge in [0.1, 0.15) is 5.82 Å². The Bertz CT molecular complexity index is 1090. The van der Waals surface area contributed by atoms with Crippen molar-refractivity contribution in [3.05, 3.63) is 53.9 Å². The molecule has 7 nitrogen and oxygen atoms in total. The minimum Gasteiger partial charge on any atom is -0.461 e. The smallest absolute Gasteiger partial charge is 0.226 e. The highest BCUT2D eigenvalue weighted by Gasteiger charge is 2.15. The van der Waals surface area contributed by atoms with E-state index in [0.717, 1.165) is 29.7 Å². The fraction of sp³-hybridized carbons (Fsp3) is 0.300. The third-order valence-electron chi connectivity index (χ3n) is 4.44. The van der Waals surface area contributed by atoms with Gasteiger partial charge in [-0.15, -0.1) is 10.2 Å². The maximum absolute atomic E-state index is 13.7. The zero-order valence-corrected chi connectivity index (χ0v) is 16.9. The van der Waals surface area contributed by atoms with Crippen LogP contribution in [0.25, 0.3) is 23.0 Å². The lowest BCUT2D eigenvalue weighted by Crippen LogP contribution is -2.00. The van der Waals surface area contributed by atoms with E-state index >= 15 is 0 Å². The molecular weight excluding hydrogens is 393 g/mol. The van der Waals surface area contributed by atoms with Crippen LogP contribution in [0.2, 0.25) is 0 Å². The molecule has 0 saturated heterocycles. The van der Waals surface area contributed by atoms with Crippen LogP contribution in [-0.4, -0.2) is 30.7 Å². The van der Waals surface area contributed by atoms with Crippen LogP contribution in [0, 0.1) is 12.7 Å². The number of nitrogens with zero attached hydrogens (tertiary/aromatic N) is 5. The minimum atomic E-state index is -0.279. The van der Waals surface area contributed by atoms with Crippen molar-refractivity contribution in [2.24, 2.45) is 0 Å². The first-order chi connectivity index (χ1) is 14.2. The summed E-state index contributed by atoms with van der Waals surface area (Å²) in [6, 6.07) is 8.63. The quantitative estimate of drug-likeness (QED) is 0.304. The maximum Gasteiger partial charge on any atom is 0.226 e. The van der Waals surface area contributed by atoms with Crippen molar-refractivity contribution in [2.75, 3.05) is 5.75 Å². The van der Waals surface area contributed by atoms with E-state index in [-0.39, 0.29) is 5.82 Å². The SMILES string of the molecule is CCn1c(SCCCc2nc(-c3ccc(C)c(F)c3)no2)nnc1-c1ccco1. The molecule has 3 heterocycles. The van der Waals surface area contributed by atoms with Gasteiger partial charge < -0.3 is 8.94 Å². The van der Waals surface area contributed by atoms with Crippen LogP contribution < -0.4 is 0 Å². The summed E-state index contributed by atoms with van der Waals surface area (Å²) in [7, 11) is 0. The van der Waals surface area contributed by atoms with Gasteiger partial charge in [0.15, 0.2) is 16.7 Å². The van der Waals surface area contributed by atoms with Crippen molar-refractivity contribution < 1.29 is 13.3 Å². The number of hydrogen-bond donors (Lipinski definition) is 0. The molecule has 0 saturated carbocycles. The highest BCUT2D eigenvalue weighted by molar-refractivity contribution is 7.99. The zero-order chi connectivity index (χ0) is 20.2. The summed E-state index contributed by atoms with van der Waals surface area (Å²) in [5.74, 6) is 2.92. The molecule has 0 atom stereocenters. The molecule has 0 aliphatic carbocycles. The van der Waals surface area contributed by atoms with Crippen LogP contribution in [-0.2, 0) is 13.0 Å². The Hall–Kier alpha value is -2.94. The lowest BCUT2D eigenvalue weighted by molar-refractivity contribution is 0.378. The van der Waals surface area contributed by atoms with E-state index in [2.05, 4.69) is 20.3 Å². The van der Waals surface area contributed by atoms with Crippen molar-refractivity contribution in [3.8, 4) is 23.0 Å². The highest BCUT2D eigenvalue weighted by Crippen LogP contribution is 2.25. The lowest BCUT2D eigenvalue weighted by atomic mass is 10.1. The Morgan fingerprint density at radius 2 is 2.10 bits per heavy atom. The van der Waals surface area contributed by atoms with Crippen molar-refractivity contribution in [3.63, 3.8) is 0 Å². The van der Waals surface area contributed by atoms with Gasteiger partial charge in [-0.2, -0.15) is 4.98 Å². The van der Waals surface area contributed by atoms with E-state index < -0.39 is 0 Å². The molecule has 0 N–H and O–H groups in total. The second-order valence-electron chi connectivity index (χ2n) is 6.46. The first-order valence-electron chi connectivity index (χ1n) is 9.34. The largest absolute Gasteiger partial charge is 0.461 e. The molecule has 0 aliphatic heterocycles. The molecule has 0 unspecified atom stereocenters. The van der Waals surface area contributed by atoms with Crippen molar-refractivity contribution in [1.29, 1.82) is 0 Å². The van der Waals surface area contributed by atoms with Crippen LogP contribution in [0.4, 0.5) is 4.39 Å². The van der Waals surface area contributed by atoms with Gasteiger partial charge in [-0.05, 0) is 44.0 Å². The normalized spacial score (nSPS) is 11.3. The summed E-state index contributed by atoms with van der Waals surface area (Å²) in [6.07, 6.45) is 3.10. The molecule has 150 valence electrons. The van der Waals surface area contributed by atoms with Crippen LogP contribution in [0.3, 0.4) is 0 Å². The molecule has 0 bridgehead atoms. The van der Waals surface area contributed by atoms with Crippen LogP contribution in [0.5, 0.6) is 0 Å². The van der Waals surface area contributed by atoms with Gasteiger partial charge in [-0.3, -0.25) is 4.57 Å². The maximum atomic E-state index is 13.7. The van der Waals surface area contributed by atoms with Crippen molar-refractivity contribution in [1.82, 2.24) is 24.9 Å². The van der Waals surface area contributed by atoms with E-state index in [1.54, 1.807) is 37.1 Å². The predicted molar refractivity (Wildman–Crippen MR) is 107 cm³/mol. The zero-order valence-electron chi connectivity index (χ0n) is 16.1. The third-order valence-corrected chi connectivity index (χ3v) is 5.49. The number of aromatic nitrogens is 5. The van der Waals surface area contributed by atoms with Gasteiger partial charge >= 0.3 is 0 Å². The topological polar surface area (TPSA) is 82.8 Å². The highest BCUT2D eigenvalue weighted by atomic mass is 32.2. The Balaban J connectivity index is 1.33. The molecule has 9 heteroatoms. The second kappa shape index (κ2) is 8.60. The Kier molecular flexibility index (Phi) is 5.75. The number of rotatable bonds is 8. The summed E-state index contributed by atoms with van der Waals surface area (Å²) in [6.45, 7) is 4.52. The number of thioether (sulfide) groups is 1. The van der Waals surface area contributed by atoms with Gasteiger partial charge in [0, 0.05) is 24.3 Å². The van der Waals surface area contributed by atoms with E-state index in [1.807, 2.05) is 23.6 Å². The number of aryl methyl sites for hydroxylation is 2. The molecule has 0 spiro atoms. The molecular formula is C20H20FN5O2S.